The highest BCUT2D eigenvalue weighted by molar-refractivity contribution is 9.10. The van der Waals surface area contributed by atoms with Crippen LogP contribution in [0.25, 0.3) is 11.5 Å². The molecule has 0 aliphatic rings. The number of nitrogens with one attached hydrogen (secondary N) is 1. The topological polar surface area (TPSA) is 38.1 Å². The molecule has 120 valence electrons. The SMILES string of the molecule is CCCCC(CC)CNCc1coc(-c2ccc(Br)cc2)n1. The molecule has 0 aliphatic heterocycles. The standard InChI is InChI=1S/C18H25BrN2O/c1-3-5-6-14(4-2)11-20-12-17-13-22-18(21-17)15-7-9-16(19)10-8-15/h7-10,13-14,20H,3-6,11-12H2,1-2H3. The minimum atomic E-state index is 0.683. The Balaban J connectivity index is 1.83. The van der Waals surface area contributed by atoms with Gasteiger partial charge in [-0.15, -0.1) is 0 Å². The Morgan fingerprint density at radius 1 is 1.23 bits per heavy atom. The van der Waals surface area contributed by atoms with Crippen molar-refractivity contribution >= 4 is 15.9 Å². The quantitative estimate of drug-likeness (QED) is 0.646. The van der Waals surface area contributed by atoms with E-state index in [1.54, 1.807) is 6.26 Å². The largest absolute Gasteiger partial charge is 0.444 e. The fourth-order valence-corrected chi connectivity index (χ4v) is 2.73. The van der Waals surface area contributed by atoms with E-state index in [1.807, 2.05) is 24.3 Å². The maximum Gasteiger partial charge on any atom is 0.226 e. The lowest BCUT2D eigenvalue weighted by molar-refractivity contribution is 0.418. The van der Waals surface area contributed by atoms with E-state index in [-0.39, 0.29) is 0 Å². The molecule has 22 heavy (non-hydrogen) atoms. The first-order valence-corrected chi connectivity index (χ1v) is 8.93. The third kappa shape index (κ3) is 5.25. The van der Waals surface area contributed by atoms with Crippen molar-refractivity contribution in [1.29, 1.82) is 0 Å². The van der Waals surface area contributed by atoms with E-state index in [4.69, 9.17) is 4.42 Å². The first-order chi connectivity index (χ1) is 10.7. The van der Waals surface area contributed by atoms with Gasteiger partial charge in [-0.25, -0.2) is 4.98 Å². The number of unbranched alkanes of at least 4 members (excludes halogenated alkanes) is 1. The van der Waals surface area contributed by atoms with Gasteiger partial charge in [0.25, 0.3) is 0 Å². The third-order valence-electron chi connectivity index (χ3n) is 3.93. The molecule has 0 aliphatic carbocycles. The summed E-state index contributed by atoms with van der Waals surface area (Å²) in [4.78, 5) is 4.55. The van der Waals surface area contributed by atoms with Crippen molar-refractivity contribution in [2.45, 2.75) is 46.1 Å². The van der Waals surface area contributed by atoms with Crippen LogP contribution in [-0.4, -0.2) is 11.5 Å². The molecule has 1 aromatic carbocycles. The predicted molar refractivity (Wildman–Crippen MR) is 94.7 cm³/mol. The van der Waals surface area contributed by atoms with Crippen LogP contribution in [0.2, 0.25) is 0 Å². The van der Waals surface area contributed by atoms with E-state index in [1.165, 1.54) is 25.7 Å². The summed E-state index contributed by atoms with van der Waals surface area (Å²) in [5.74, 6) is 1.44. The van der Waals surface area contributed by atoms with E-state index < -0.39 is 0 Å². The van der Waals surface area contributed by atoms with Gasteiger partial charge in [0.1, 0.15) is 6.26 Å². The molecule has 1 N–H and O–H groups in total. The number of aromatic nitrogens is 1. The molecule has 0 radical (unpaired) electrons. The van der Waals surface area contributed by atoms with Crippen LogP contribution < -0.4 is 5.32 Å². The smallest absolute Gasteiger partial charge is 0.226 e. The van der Waals surface area contributed by atoms with Crippen LogP contribution in [0.15, 0.2) is 39.4 Å². The van der Waals surface area contributed by atoms with Gasteiger partial charge in [-0.1, -0.05) is 49.0 Å². The molecule has 3 nitrogen and oxygen atoms in total. The molecule has 0 spiro atoms. The second-order valence-corrected chi connectivity index (χ2v) is 6.61. The van der Waals surface area contributed by atoms with Crippen LogP contribution in [0.4, 0.5) is 0 Å². The first-order valence-electron chi connectivity index (χ1n) is 8.14. The summed E-state index contributed by atoms with van der Waals surface area (Å²) in [6, 6.07) is 8.00. The Kier molecular flexibility index (Phi) is 7.13. The molecule has 0 amide bonds. The summed E-state index contributed by atoms with van der Waals surface area (Å²) in [7, 11) is 0. The number of halogens is 1. The van der Waals surface area contributed by atoms with Crippen LogP contribution in [-0.2, 0) is 6.54 Å². The molecule has 1 unspecified atom stereocenters. The van der Waals surface area contributed by atoms with Gasteiger partial charge in [-0.05, 0) is 43.1 Å². The highest BCUT2D eigenvalue weighted by atomic mass is 79.9. The van der Waals surface area contributed by atoms with Crippen molar-refractivity contribution < 1.29 is 4.42 Å². The summed E-state index contributed by atoms with van der Waals surface area (Å²) in [6.45, 7) is 6.34. The molecule has 1 aromatic heterocycles. The van der Waals surface area contributed by atoms with Crippen molar-refractivity contribution in [3.05, 3.63) is 40.7 Å². The number of rotatable bonds is 9. The molecular formula is C18H25BrN2O. The zero-order chi connectivity index (χ0) is 15.8. The number of hydrogen-bond acceptors (Lipinski definition) is 3. The molecule has 2 rings (SSSR count). The van der Waals surface area contributed by atoms with Gasteiger partial charge in [0.15, 0.2) is 0 Å². The van der Waals surface area contributed by atoms with Crippen LogP contribution in [0.5, 0.6) is 0 Å². The molecule has 4 heteroatoms. The van der Waals surface area contributed by atoms with Crippen molar-refractivity contribution in [2.24, 2.45) is 5.92 Å². The highest BCUT2D eigenvalue weighted by Crippen LogP contribution is 2.21. The highest BCUT2D eigenvalue weighted by Gasteiger charge is 2.08. The van der Waals surface area contributed by atoms with Gasteiger partial charge < -0.3 is 9.73 Å². The lowest BCUT2D eigenvalue weighted by Gasteiger charge is -2.14. The minimum absolute atomic E-state index is 0.683. The molecule has 0 fully saturated rings. The van der Waals surface area contributed by atoms with Gasteiger partial charge in [0, 0.05) is 16.6 Å². The normalized spacial score (nSPS) is 12.5. The van der Waals surface area contributed by atoms with E-state index >= 15 is 0 Å². The van der Waals surface area contributed by atoms with Crippen LogP contribution in [0.1, 0.15) is 45.2 Å². The molecule has 0 bridgehead atoms. The molecule has 1 heterocycles. The lowest BCUT2D eigenvalue weighted by atomic mass is 9.99. The average Bonchev–Trinajstić information content (AvgIpc) is 3.00. The van der Waals surface area contributed by atoms with Crippen molar-refractivity contribution in [2.75, 3.05) is 6.54 Å². The maximum absolute atomic E-state index is 5.57. The van der Waals surface area contributed by atoms with Crippen molar-refractivity contribution in [3.8, 4) is 11.5 Å². The Hall–Kier alpha value is -1.13. The van der Waals surface area contributed by atoms with Crippen LogP contribution in [0, 0.1) is 5.92 Å². The predicted octanol–water partition coefficient (Wildman–Crippen LogP) is 5.41. The van der Waals surface area contributed by atoms with Gasteiger partial charge in [0.05, 0.1) is 5.69 Å². The number of oxazole rings is 1. The van der Waals surface area contributed by atoms with Crippen LogP contribution in [0.3, 0.4) is 0 Å². The van der Waals surface area contributed by atoms with Gasteiger partial charge >= 0.3 is 0 Å². The summed E-state index contributed by atoms with van der Waals surface area (Å²) < 4.78 is 6.63. The fraction of sp³-hybridized carbons (Fsp3) is 0.500. The zero-order valence-corrected chi connectivity index (χ0v) is 15.0. The van der Waals surface area contributed by atoms with E-state index in [2.05, 4.69) is 40.1 Å². The van der Waals surface area contributed by atoms with E-state index in [0.717, 1.165) is 34.7 Å². The lowest BCUT2D eigenvalue weighted by Crippen LogP contribution is -2.22. The molecular weight excluding hydrogens is 340 g/mol. The minimum Gasteiger partial charge on any atom is -0.444 e. The zero-order valence-electron chi connectivity index (χ0n) is 13.4. The molecule has 1 atom stereocenters. The number of hydrogen-bond donors (Lipinski definition) is 1. The fourth-order valence-electron chi connectivity index (χ4n) is 2.46. The Labute approximate surface area is 141 Å². The molecule has 0 saturated heterocycles. The second-order valence-electron chi connectivity index (χ2n) is 5.70. The number of nitrogens with zero attached hydrogens (tertiary/aromatic N) is 1. The van der Waals surface area contributed by atoms with Crippen molar-refractivity contribution in [1.82, 2.24) is 10.3 Å². The third-order valence-corrected chi connectivity index (χ3v) is 4.45. The molecule has 2 aromatic rings. The summed E-state index contributed by atoms with van der Waals surface area (Å²) in [5, 5.41) is 3.51. The van der Waals surface area contributed by atoms with Gasteiger partial charge in [0.2, 0.25) is 5.89 Å². The Morgan fingerprint density at radius 3 is 2.68 bits per heavy atom. The Bertz CT molecular complexity index is 550. The first kappa shape index (κ1) is 17.2. The second kappa shape index (κ2) is 9.11. The van der Waals surface area contributed by atoms with Gasteiger partial charge in [-0.2, -0.15) is 0 Å². The maximum atomic E-state index is 5.57. The number of benzene rings is 1. The Morgan fingerprint density at radius 2 is 2.00 bits per heavy atom. The summed E-state index contributed by atoms with van der Waals surface area (Å²) in [5.41, 5.74) is 1.96. The summed E-state index contributed by atoms with van der Waals surface area (Å²) >= 11 is 3.43. The van der Waals surface area contributed by atoms with Gasteiger partial charge in [-0.3, -0.25) is 0 Å². The summed E-state index contributed by atoms with van der Waals surface area (Å²) in [6.07, 6.45) is 6.88. The monoisotopic (exact) mass is 364 g/mol. The van der Waals surface area contributed by atoms with Crippen molar-refractivity contribution in [3.63, 3.8) is 0 Å². The molecule has 0 saturated carbocycles. The van der Waals surface area contributed by atoms with Crippen LogP contribution >= 0.6 is 15.9 Å². The van der Waals surface area contributed by atoms with E-state index in [0.29, 0.717) is 5.89 Å². The van der Waals surface area contributed by atoms with E-state index in [9.17, 15) is 0 Å². The average molecular weight is 365 g/mol.